The molecule has 0 aromatic heterocycles. The topological polar surface area (TPSA) is 64.3 Å². The van der Waals surface area contributed by atoms with Gasteiger partial charge in [-0.15, -0.1) is 12.4 Å². The van der Waals surface area contributed by atoms with Crippen LogP contribution >= 0.6 is 12.4 Å². The normalized spacial score (nSPS) is 23.2. The van der Waals surface area contributed by atoms with E-state index in [9.17, 15) is 4.79 Å². The van der Waals surface area contributed by atoms with Gasteiger partial charge in [-0.05, 0) is 51.5 Å². The Balaban J connectivity index is 0.00000289. The zero-order valence-corrected chi connectivity index (χ0v) is 12.1. The third-order valence-electron chi connectivity index (χ3n) is 3.52. The van der Waals surface area contributed by atoms with Crippen molar-refractivity contribution in [2.24, 2.45) is 17.6 Å². The van der Waals surface area contributed by atoms with Crippen LogP contribution in [-0.4, -0.2) is 32.2 Å². The van der Waals surface area contributed by atoms with E-state index >= 15 is 0 Å². The number of rotatable bonds is 7. The van der Waals surface area contributed by atoms with Gasteiger partial charge in [0, 0.05) is 25.7 Å². The van der Waals surface area contributed by atoms with E-state index in [2.05, 4.69) is 5.32 Å². The Morgan fingerprint density at radius 2 is 2.00 bits per heavy atom. The molecule has 1 rings (SSSR count). The number of carbonyl (C=O) groups is 1. The lowest BCUT2D eigenvalue weighted by Gasteiger charge is -2.26. The van der Waals surface area contributed by atoms with Gasteiger partial charge in [0.2, 0.25) is 5.91 Å². The van der Waals surface area contributed by atoms with Crippen LogP contribution in [-0.2, 0) is 9.53 Å². The van der Waals surface area contributed by atoms with E-state index in [1.807, 2.05) is 6.92 Å². The SMILES string of the molecule is CCOCCCNC(=O)C1CCC(CN)CC1.Cl. The molecular weight excluding hydrogens is 252 g/mol. The summed E-state index contributed by atoms with van der Waals surface area (Å²) in [5.74, 6) is 1.07. The van der Waals surface area contributed by atoms with Gasteiger partial charge in [-0.25, -0.2) is 0 Å². The minimum Gasteiger partial charge on any atom is -0.382 e. The molecule has 0 aromatic rings. The summed E-state index contributed by atoms with van der Waals surface area (Å²) in [5.41, 5.74) is 5.64. The molecule has 0 spiro atoms. The molecule has 108 valence electrons. The summed E-state index contributed by atoms with van der Waals surface area (Å²) >= 11 is 0. The highest BCUT2D eigenvalue weighted by atomic mass is 35.5. The molecule has 1 fully saturated rings. The Bertz CT molecular complexity index is 219. The van der Waals surface area contributed by atoms with Crippen LogP contribution in [0.3, 0.4) is 0 Å². The summed E-state index contributed by atoms with van der Waals surface area (Å²) in [6, 6.07) is 0. The number of hydrogen-bond donors (Lipinski definition) is 2. The van der Waals surface area contributed by atoms with Crippen LogP contribution in [0, 0.1) is 11.8 Å². The van der Waals surface area contributed by atoms with Crippen LogP contribution in [0.2, 0.25) is 0 Å². The highest BCUT2D eigenvalue weighted by molar-refractivity contribution is 5.85. The van der Waals surface area contributed by atoms with Crippen LogP contribution in [0.25, 0.3) is 0 Å². The van der Waals surface area contributed by atoms with Crippen LogP contribution in [0.5, 0.6) is 0 Å². The van der Waals surface area contributed by atoms with Gasteiger partial charge in [0.1, 0.15) is 0 Å². The molecule has 1 aliphatic rings. The van der Waals surface area contributed by atoms with Gasteiger partial charge in [-0.1, -0.05) is 0 Å². The number of nitrogens with one attached hydrogen (secondary N) is 1. The van der Waals surface area contributed by atoms with E-state index in [0.29, 0.717) is 5.92 Å². The minimum atomic E-state index is 0. The van der Waals surface area contributed by atoms with Gasteiger partial charge in [0.05, 0.1) is 0 Å². The smallest absolute Gasteiger partial charge is 0.223 e. The third-order valence-corrected chi connectivity index (χ3v) is 3.52. The summed E-state index contributed by atoms with van der Waals surface area (Å²) in [6.07, 6.45) is 5.11. The van der Waals surface area contributed by atoms with Gasteiger partial charge in [-0.3, -0.25) is 4.79 Å². The molecule has 0 radical (unpaired) electrons. The zero-order chi connectivity index (χ0) is 12.5. The van der Waals surface area contributed by atoms with E-state index in [1.165, 1.54) is 0 Å². The molecule has 1 amide bonds. The molecule has 0 unspecified atom stereocenters. The van der Waals surface area contributed by atoms with Gasteiger partial charge in [-0.2, -0.15) is 0 Å². The number of ether oxygens (including phenoxy) is 1. The van der Waals surface area contributed by atoms with Crippen molar-refractivity contribution >= 4 is 18.3 Å². The predicted octanol–water partition coefficient (Wildman–Crippen LogP) is 1.72. The fraction of sp³-hybridized carbons (Fsp3) is 0.923. The Morgan fingerprint density at radius 3 is 2.56 bits per heavy atom. The Labute approximate surface area is 116 Å². The van der Waals surface area contributed by atoms with Crippen molar-refractivity contribution < 1.29 is 9.53 Å². The lowest BCUT2D eigenvalue weighted by molar-refractivity contribution is -0.126. The first-order valence-corrected chi connectivity index (χ1v) is 6.83. The highest BCUT2D eigenvalue weighted by Gasteiger charge is 2.25. The maximum Gasteiger partial charge on any atom is 0.223 e. The Morgan fingerprint density at radius 1 is 1.33 bits per heavy atom. The monoisotopic (exact) mass is 278 g/mol. The van der Waals surface area contributed by atoms with Crippen molar-refractivity contribution in [2.75, 3.05) is 26.3 Å². The maximum atomic E-state index is 11.8. The van der Waals surface area contributed by atoms with Crippen molar-refractivity contribution in [3.63, 3.8) is 0 Å². The van der Waals surface area contributed by atoms with E-state index in [0.717, 1.165) is 58.4 Å². The summed E-state index contributed by atoms with van der Waals surface area (Å²) in [6.45, 7) is 4.96. The second-order valence-corrected chi connectivity index (χ2v) is 4.79. The first-order valence-electron chi connectivity index (χ1n) is 6.83. The Kier molecular flexibility index (Phi) is 10.4. The fourth-order valence-corrected chi connectivity index (χ4v) is 2.33. The molecule has 0 heterocycles. The molecule has 0 aliphatic heterocycles. The average molecular weight is 279 g/mol. The van der Waals surface area contributed by atoms with E-state index < -0.39 is 0 Å². The molecule has 4 nitrogen and oxygen atoms in total. The van der Waals surface area contributed by atoms with Crippen LogP contribution in [0.1, 0.15) is 39.0 Å². The molecule has 1 saturated carbocycles. The Hall–Kier alpha value is -0.320. The van der Waals surface area contributed by atoms with Crippen molar-refractivity contribution in [1.29, 1.82) is 0 Å². The average Bonchev–Trinajstić information content (AvgIpc) is 2.38. The second kappa shape index (κ2) is 10.6. The van der Waals surface area contributed by atoms with E-state index in [1.54, 1.807) is 0 Å². The third kappa shape index (κ3) is 6.57. The van der Waals surface area contributed by atoms with Gasteiger partial charge >= 0.3 is 0 Å². The summed E-state index contributed by atoms with van der Waals surface area (Å²) < 4.78 is 5.22. The van der Waals surface area contributed by atoms with Crippen LogP contribution in [0.15, 0.2) is 0 Å². The first-order chi connectivity index (χ1) is 8.27. The maximum absolute atomic E-state index is 11.8. The van der Waals surface area contributed by atoms with E-state index in [-0.39, 0.29) is 24.2 Å². The number of hydrogen-bond acceptors (Lipinski definition) is 3. The summed E-state index contributed by atoms with van der Waals surface area (Å²) in [4.78, 5) is 11.8. The van der Waals surface area contributed by atoms with Crippen LogP contribution in [0.4, 0.5) is 0 Å². The quantitative estimate of drug-likeness (QED) is 0.697. The van der Waals surface area contributed by atoms with Gasteiger partial charge < -0.3 is 15.8 Å². The standard InChI is InChI=1S/C13H26N2O2.ClH/c1-2-17-9-3-8-15-13(16)12-6-4-11(10-14)5-7-12;/h11-12H,2-10,14H2,1H3,(H,15,16);1H. The predicted molar refractivity (Wildman–Crippen MR) is 75.9 cm³/mol. The molecule has 18 heavy (non-hydrogen) atoms. The number of nitrogens with two attached hydrogens (primary N) is 1. The molecule has 0 atom stereocenters. The lowest BCUT2D eigenvalue weighted by Crippen LogP contribution is -2.35. The van der Waals surface area contributed by atoms with Crippen molar-refractivity contribution in [3.05, 3.63) is 0 Å². The number of halogens is 1. The molecule has 5 heteroatoms. The fourth-order valence-electron chi connectivity index (χ4n) is 2.33. The van der Waals surface area contributed by atoms with Crippen molar-refractivity contribution in [1.82, 2.24) is 5.32 Å². The molecule has 1 aliphatic carbocycles. The number of amides is 1. The summed E-state index contributed by atoms with van der Waals surface area (Å²) in [7, 11) is 0. The molecule has 3 N–H and O–H groups in total. The molecule has 0 saturated heterocycles. The first kappa shape index (κ1) is 17.7. The zero-order valence-electron chi connectivity index (χ0n) is 11.3. The molecule has 0 aromatic carbocycles. The van der Waals surface area contributed by atoms with Gasteiger partial charge in [0.15, 0.2) is 0 Å². The highest BCUT2D eigenvalue weighted by Crippen LogP contribution is 2.27. The summed E-state index contributed by atoms with van der Waals surface area (Å²) in [5, 5.41) is 2.99. The van der Waals surface area contributed by atoms with Crippen molar-refractivity contribution in [2.45, 2.75) is 39.0 Å². The van der Waals surface area contributed by atoms with Crippen molar-refractivity contribution in [3.8, 4) is 0 Å². The van der Waals surface area contributed by atoms with E-state index in [4.69, 9.17) is 10.5 Å². The van der Waals surface area contributed by atoms with Gasteiger partial charge in [0.25, 0.3) is 0 Å². The second-order valence-electron chi connectivity index (χ2n) is 4.79. The lowest BCUT2D eigenvalue weighted by atomic mass is 9.81. The number of carbonyl (C=O) groups excluding carboxylic acids is 1. The molecular formula is C13H27ClN2O2. The minimum absolute atomic E-state index is 0. The largest absolute Gasteiger partial charge is 0.382 e. The van der Waals surface area contributed by atoms with Crippen LogP contribution < -0.4 is 11.1 Å². The molecule has 0 bridgehead atoms.